The molecule has 0 aliphatic rings. The van der Waals surface area contributed by atoms with E-state index < -0.39 is 0 Å². The van der Waals surface area contributed by atoms with E-state index >= 15 is 0 Å². The molecule has 0 spiro atoms. The summed E-state index contributed by atoms with van der Waals surface area (Å²) in [6.07, 6.45) is 1.81. The molecule has 0 saturated carbocycles. The second-order valence-corrected chi connectivity index (χ2v) is 2.75. The van der Waals surface area contributed by atoms with Crippen LogP contribution in [0.3, 0.4) is 0 Å². The lowest BCUT2D eigenvalue weighted by atomic mass is 10.2. The van der Waals surface area contributed by atoms with Gasteiger partial charge in [-0.2, -0.15) is 0 Å². The van der Waals surface area contributed by atoms with E-state index in [0.29, 0.717) is 0 Å². The van der Waals surface area contributed by atoms with Crippen molar-refractivity contribution >= 4 is 0 Å². The summed E-state index contributed by atoms with van der Waals surface area (Å²) in [5, 5.41) is 3.11. The normalized spacial score (nSPS) is 9.40. The van der Waals surface area contributed by atoms with Crippen LogP contribution in [0.1, 0.15) is 26.3 Å². The fourth-order valence-corrected chi connectivity index (χ4v) is 0.926. The molecule has 1 rings (SSSR count). The van der Waals surface area contributed by atoms with Crippen molar-refractivity contribution in [2.45, 2.75) is 27.3 Å². The molecule has 1 aromatic carbocycles. The van der Waals surface area contributed by atoms with Crippen molar-refractivity contribution in [2.75, 3.05) is 0 Å². The molecule has 0 atom stereocenters. The Labute approximate surface area is 93.0 Å². The molecular weight excluding hydrogens is 186 g/mol. The Hall–Kier alpha value is -1.48. The van der Waals surface area contributed by atoms with Crippen LogP contribution in [0.15, 0.2) is 42.2 Å². The van der Waals surface area contributed by atoms with E-state index in [1.165, 1.54) is 5.56 Å². The Morgan fingerprint density at radius 3 is 2.27 bits per heavy atom. The third-order valence-electron chi connectivity index (χ3n) is 1.48. The molecule has 0 heterocycles. The summed E-state index contributed by atoms with van der Waals surface area (Å²) < 4.78 is 0. The molecule has 6 N–H and O–H groups in total. The highest BCUT2D eigenvalue weighted by atomic mass is 14.8. The fourth-order valence-electron chi connectivity index (χ4n) is 0.926. The molecule has 3 heteroatoms. The van der Waals surface area contributed by atoms with Gasteiger partial charge >= 0.3 is 0 Å². The Kier molecular flexibility index (Phi) is 11.3. The Bertz CT molecular complexity index is 251. The number of allylic oxidation sites excluding steroid dienone is 1. The first kappa shape index (κ1) is 16.0. The number of hydrogen-bond acceptors (Lipinski definition) is 3. The van der Waals surface area contributed by atoms with Crippen LogP contribution in [0.5, 0.6) is 0 Å². The molecule has 0 saturated heterocycles. The predicted octanol–water partition coefficient (Wildman–Crippen LogP) is 2.78. The van der Waals surface area contributed by atoms with Crippen LogP contribution in [0.2, 0.25) is 0 Å². The number of benzene rings is 1. The lowest BCUT2D eigenvalue weighted by molar-refractivity contribution is 0.858. The average Bonchev–Trinajstić information content (AvgIpc) is 2.22. The highest BCUT2D eigenvalue weighted by Gasteiger charge is 1.86. The summed E-state index contributed by atoms with van der Waals surface area (Å²) in [6, 6.07) is 10.2. The third kappa shape index (κ3) is 8.84. The van der Waals surface area contributed by atoms with Crippen molar-refractivity contribution < 1.29 is 0 Å². The number of nitrogens with one attached hydrogen (secondary N) is 1. The smallest absolute Gasteiger partial charge is 0.0395 e. The quantitative estimate of drug-likeness (QED) is 0.716. The minimum absolute atomic E-state index is 0. The van der Waals surface area contributed by atoms with Gasteiger partial charge < -0.3 is 17.2 Å². The lowest BCUT2D eigenvalue weighted by Gasteiger charge is -2.00. The van der Waals surface area contributed by atoms with Gasteiger partial charge in [0, 0.05) is 18.4 Å². The van der Waals surface area contributed by atoms with E-state index in [-0.39, 0.29) is 6.15 Å². The summed E-state index contributed by atoms with van der Waals surface area (Å²) in [5.41, 5.74) is 7.51. The second kappa shape index (κ2) is 10.6. The van der Waals surface area contributed by atoms with E-state index in [4.69, 9.17) is 5.73 Å². The second-order valence-electron chi connectivity index (χ2n) is 2.75. The van der Waals surface area contributed by atoms with Crippen molar-refractivity contribution in [3.63, 3.8) is 0 Å². The highest BCUT2D eigenvalue weighted by Crippen LogP contribution is 1.96. The van der Waals surface area contributed by atoms with Crippen LogP contribution < -0.4 is 17.2 Å². The first-order valence-electron chi connectivity index (χ1n) is 4.98. The highest BCUT2D eigenvalue weighted by molar-refractivity contribution is 5.14. The van der Waals surface area contributed by atoms with Crippen LogP contribution in [-0.4, -0.2) is 0 Å². The SMILES string of the molecule is C/C(N)=C/NCc1ccccc1.CC.N. The minimum Gasteiger partial charge on any atom is -0.401 e. The topological polar surface area (TPSA) is 73.0 Å². The van der Waals surface area contributed by atoms with Gasteiger partial charge in [-0.3, -0.25) is 0 Å². The zero-order valence-electron chi connectivity index (χ0n) is 9.96. The van der Waals surface area contributed by atoms with E-state index in [1.54, 1.807) is 0 Å². The first-order chi connectivity index (χ1) is 6.79. The van der Waals surface area contributed by atoms with Crippen molar-refractivity contribution in [3.05, 3.63) is 47.8 Å². The maximum atomic E-state index is 5.46. The molecule has 0 unspecified atom stereocenters. The van der Waals surface area contributed by atoms with E-state index in [2.05, 4.69) is 17.4 Å². The predicted molar refractivity (Wildman–Crippen MR) is 67.6 cm³/mol. The maximum absolute atomic E-state index is 5.46. The van der Waals surface area contributed by atoms with E-state index in [0.717, 1.165) is 12.2 Å². The van der Waals surface area contributed by atoms with E-state index in [9.17, 15) is 0 Å². The van der Waals surface area contributed by atoms with Crippen LogP contribution in [0.25, 0.3) is 0 Å². The van der Waals surface area contributed by atoms with Crippen molar-refractivity contribution in [3.8, 4) is 0 Å². The molecule has 3 nitrogen and oxygen atoms in total. The Morgan fingerprint density at radius 1 is 1.27 bits per heavy atom. The Morgan fingerprint density at radius 2 is 1.80 bits per heavy atom. The third-order valence-corrected chi connectivity index (χ3v) is 1.48. The van der Waals surface area contributed by atoms with Gasteiger partial charge in [-0.1, -0.05) is 44.2 Å². The maximum Gasteiger partial charge on any atom is 0.0395 e. The van der Waals surface area contributed by atoms with Crippen molar-refractivity contribution in [1.29, 1.82) is 0 Å². The van der Waals surface area contributed by atoms with Gasteiger partial charge in [0.15, 0.2) is 0 Å². The largest absolute Gasteiger partial charge is 0.401 e. The lowest BCUT2D eigenvalue weighted by Crippen LogP contribution is -2.07. The van der Waals surface area contributed by atoms with Crippen LogP contribution >= 0.6 is 0 Å². The zero-order chi connectivity index (χ0) is 10.8. The summed E-state index contributed by atoms with van der Waals surface area (Å²) in [7, 11) is 0. The summed E-state index contributed by atoms with van der Waals surface area (Å²) in [6.45, 7) is 6.69. The van der Waals surface area contributed by atoms with Crippen molar-refractivity contribution in [2.24, 2.45) is 5.73 Å². The molecule has 86 valence electrons. The van der Waals surface area contributed by atoms with Crippen LogP contribution in [-0.2, 0) is 6.54 Å². The van der Waals surface area contributed by atoms with Gasteiger partial charge in [-0.25, -0.2) is 0 Å². The molecule has 0 aromatic heterocycles. The van der Waals surface area contributed by atoms with Gasteiger partial charge in [-0.15, -0.1) is 0 Å². The summed E-state index contributed by atoms with van der Waals surface area (Å²) in [4.78, 5) is 0. The summed E-state index contributed by atoms with van der Waals surface area (Å²) >= 11 is 0. The molecule has 0 amide bonds. The molecule has 0 aliphatic carbocycles. The number of hydrogen-bond donors (Lipinski definition) is 3. The Balaban J connectivity index is 0. The van der Waals surface area contributed by atoms with E-state index in [1.807, 2.05) is 45.2 Å². The molecule has 1 aromatic rings. The standard InChI is InChI=1S/C10H14N2.C2H6.H3N/c1-9(11)7-12-8-10-5-3-2-4-6-10;1-2;/h2-7,12H,8,11H2,1H3;1-2H3;1H3/b9-7-;;. The number of nitrogens with two attached hydrogens (primary N) is 1. The van der Waals surface area contributed by atoms with Gasteiger partial charge in [0.05, 0.1) is 0 Å². The van der Waals surface area contributed by atoms with Gasteiger partial charge in [0.2, 0.25) is 0 Å². The average molecular weight is 209 g/mol. The van der Waals surface area contributed by atoms with Gasteiger partial charge in [-0.05, 0) is 12.5 Å². The minimum atomic E-state index is 0. The monoisotopic (exact) mass is 209 g/mol. The molecule has 0 aliphatic heterocycles. The molecule has 0 radical (unpaired) electrons. The van der Waals surface area contributed by atoms with Crippen LogP contribution in [0.4, 0.5) is 0 Å². The van der Waals surface area contributed by atoms with Gasteiger partial charge in [0.25, 0.3) is 0 Å². The molecule has 15 heavy (non-hydrogen) atoms. The van der Waals surface area contributed by atoms with Gasteiger partial charge in [0.1, 0.15) is 0 Å². The fraction of sp³-hybridized carbons (Fsp3) is 0.333. The molecule has 0 fully saturated rings. The van der Waals surface area contributed by atoms with Crippen LogP contribution in [0, 0.1) is 0 Å². The summed E-state index contributed by atoms with van der Waals surface area (Å²) in [5.74, 6) is 0. The first-order valence-corrected chi connectivity index (χ1v) is 4.98. The zero-order valence-corrected chi connectivity index (χ0v) is 9.96. The molecular formula is C12H23N3. The van der Waals surface area contributed by atoms with Crippen molar-refractivity contribution in [1.82, 2.24) is 11.5 Å². The molecule has 0 bridgehead atoms. The number of rotatable bonds is 3.